The van der Waals surface area contributed by atoms with Gasteiger partial charge in [-0.15, -0.1) is 0 Å². The molecule has 0 aliphatic heterocycles. The molecule has 0 aromatic carbocycles. The van der Waals surface area contributed by atoms with E-state index in [1.54, 1.807) is 0 Å². The largest absolute Gasteiger partial charge is 0.367 e. The van der Waals surface area contributed by atoms with Gasteiger partial charge in [-0.25, -0.2) is 14.4 Å². The van der Waals surface area contributed by atoms with Crippen LogP contribution in [0.1, 0.15) is 51.3 Å². The Bertz CT molecular complexity index is 425. The van der Waals surface area contributed by atoms with E-state index in [1.807, 2.05) is 6.92 Å². The molecule has 19 heavy (non-hydrogen) atoms. The fourth-order valence-electron chi connectivity index (χ4n) is 2.61. The summed E-state index contributed by atoms with van der Waals surface area (Å²) in [5.74, 6) is -0.361. The van der Waals surface area contributed by atoms with Crippen LogP contribution in [0, 0.1) is 5.82 Å². The van der Waals surface area contributed by atoms with Crippen molar-refractivity contribution in [3.63, 3.8) is 0 Å². The number of hydrogen-bond donors (Lipinski definition) is 0. The molecule has 3 nitrogen and oxygen atoms in total. The van der Waals surface area contributed by atoms with Crippen molar-refractivity contribution in [2.24, 2.45) is 0 Å². The fourth-order valence-corrected chi connectivity index (χ4v) is 2.99. The molecule has 106 valence electrons. The number of hydrogen-bond acceptors (Lipinski definition) is 3. The molecule has 0 atom stereocenters. The van der Waals surface area contributed by atoms with Gasteiger partial charge in [0.15, 0.2) is 21.9 Å². The number of halogens is 3. The van der Waals surface area contributed by atoms with Crippen LogP contribution in [-0.2, 0) is 10.3 Å². The van der Waals surface area contributed by atoms with Gasteiger partial charge in [-0.3, -0.25) is 0 Å². The first-order valence-electron chi connectivity index (χ1n) is 6.62. The van der Waals surface area contributed by atoms with Crippen LogP contribution in [0.25, 0.3) is 0 Å². The summed E-state index contributed by atoms with van der Waals surface area (Å²) in [6.45, 7) is 2.48. The van der Waals surface area contributed by atoms with Crippen molar-refractivity contribution in [1.29, 1.82) is 0 Å². The summed E-state index contributed by atoms with van der Waals surface area (Å²) in [4.78, 5) is 8.12. The van der Waals surface area contributed by atoms with Gasteiger partial charge in [0, 0.05) is 6.61 Å². The molecule has 1 aliphatic carbocycles. The second-order valence-electron chi connectivity index (χ2n) is 4.78. The van der Waals surface area contributed by atoms with E-state index >= 15 is 0 Å². The molecule has 0 N–H and O–H groups in total. The molecule has 0 bridgehead atoms. The summed E-state index contributed by atoms with van der Waals surface area (Å²) in [6, 6.07) is 0. The predicted octanol–water partition coefficient (Wildman–Crippen LogP) is 4.51. The van der Waals surface area contributed by atoms with Crippen molar-refractivity contribution in [3.05, 3.63) is 21.9 Å². The molecule has 2 rings (SSSR count). The third-order valence-electron chi connectivity index (χ3n) is 3.51. The molecule has 1 fully saturated rings. The van der Waals surface area contributed by atoms with Crippen molar-refractivity contribution in [2.45, 2.75) is 51.0 Å². The van der Waals surface area contributed by atoms with Gasteiger partial charge >= 0.3 is 0 Å². The van der Waals surface area contributed by atoms with E-state index in [0.29, 0.717) is 12.4 Å². The van der Waals surface area contributed by atoms with Crippen LogP contribution in [0.15, 0.2) is 0 Å². The standard InChI is InChI=1S/C13H17Cl2FN2O/c1-2-19-13(7-5-3-4-6-8-13)12-17-10(14)9(16)11(15)18-12/h2-8H2,1H3. The average Bonchev–Trinajstić information content (AvgIpc) is 2.62. The van der Waals surface area contributed by atoms with E-state index in [0.717, 1.165) is 38.5 Å². The van der Waals surface area contributed by atoms with E-state index in [-0.39, 0.29) is 10.3 Å². The Morgan fingerprint density at radius 2 is 1.63 bits per heavy atom. The summed E-state index contributed by atoms with van der Waals surface area (Å²) < 4.78 is 19.4. The molecule has 0 amide bonds. The Morgan fingerprint density at radius 3 is 2.11 bits per heavy atom. The van der Waals surface area contributed by atoms with E-state index in [2.05, 4.69) is 9.97 Å². The maximum absolute atomic E-state index is 13.4. The molecule has 0 spiro atoms. The summed E-state index contributed by atoms with van der Waals surface area (Å²) in [6.07, 6.45) is 6.04. The predicted molar refractivity (Wildman–Crippen MR) is 73.0 cm³/mol. The van der Waals surface area contributed by atoms with Crippen molar-refractivity contribution < 1.29 is 9.13 Å². The van der Waals surface area contributed by atoms with E-state index < -0.39 is 11.4 Å². The van der Waals surface area contributed by atoms with Crippen molar-refractivity contribution in [2.75, 3.05) is 6.61 Å². The van der Waals surface area contributed by atoms with Crippen LogP contribution >= 0.6 is 23.2 Å². The molecular weight excluding hydrogens is 290 g/mol. The lowest BCUT2D eigenvalue weighted by atomic mass is 9.93. The molecule has 0 unspecified atom stereocenters. The van der Waals surface area contributed by atoms with Gasteiger partial charge < -0.3 is 4.74 Å². The zero-order valence-corrected chi connectivity index (χ0v) is 12.4. The lowest BCUT2D eigenvalue weighted by Crippen LogP contribution is -2.32. The van der Waals surface area contributed by atoms with Gasteiger partial charge in [-0.2, -0.15) is 0 Å². The maximum atomic E-state index is 13.4. The van der Waals surface area contributed by atoms with Crippen LogP contribution < -0.4 is 0 Å². The number of nitrogens with zero attached hydrogens (tertiary/aromatic N) is 2. The Kier molecular flexibility index (Phi) is 4.98. The highest BCUT2D eigenvalue weighted by molar-refractivity contribution is 6.33. The van der Waals surface area contributed by atoms with Crippen LogP contribution in [-0.4, -0.2) is 16.6 Å². The fraction of sp³-hybridized carbons (Fsp3) is 0.692. The summed E-state index contributed by atoms with van der Waals surface area (Å²) in [5.41, 5.74) is -0.577. The Morgan fingerprint density at radius 1 is 1.11 bits per heavy atom. The minimum atomic E-state index is -0.771. The van der Waals surface area contributed by atoms with Crippen LogP contribution in [0.5, 0.6) is 0 Å². The molecule has 1 aliphatic rings. The summed E-state index contributed by atoms with van der Waals surface area (Å²) in [7, 11) is 0. The maximum Gasteiger partial charge on any atom is 0.197 e. The first-order valence-corrected chi connectivity index (χ1v) is 7.37. The lowest BCUT2D eigenvalue weighted by molar-refractivity contribution is -0.0625. The van der Waals surface area contributed by atoms with E-state index in [1.165, 1.54) is 0 Å². The van der Waals surface area contributed by atoms with Gasteiger partial charge in [-0.1, -0.05) is 48.9 Å². The SMILES string of the molecule is CCOC1(c2nc(Cl)c(F)c(Cl)n2)CCCCCC1. The summed E-state index contributed by atoms with van der Waals surface area (Å²) in [5, 5.41) is -0.475. The summed E-state index contributed by atoms with van der Waals surface area (Å²) >= 11 is 11.6. The van der Waals surface area contributed by atoms with Crippen molar-refractivity contribution in [1.82, 2.24) is 9.97 Å². The zero-order chi connectivity index (χ0) is 13.9. The highest BCUT2D eigenvalue weighted by Crippen LogP contribution is 2.39. The monoisotopic (exact) mass is 306 g/mol. The Balaban J connectivity index is 2.42. The number of rotatable bonds is 3. The lowest BCUT2D eigenvalue weighted by Gasteiger charge is -2.31. The zero-order valence-electron chi connectivity index (χ0n) is 10.9. The minimum Gasteiger partial charge on any atom is -0.367 e. The van der Waals surface area contributed by atoms with E-state index in [9.17, 15) is 4.39 Å². The highest BCUT2D eigenvalue weighted by Gasteiger charge is 2.37. The van der Waals surface area contributed by atoms with Gasteiger partial charge in [-0.05, 0) is 19.8 Å². The molecule has 1 aromatic heterocycles. The smallest absolute Gasteiger partial charge is 0.197 e. The third kappa shape index (κ3) is 3.18. The number of aromatic nitrogens is 2. The molecule has 1 aromatic rings. The first-order chi connectivity index (χ1) is 9.09. The molecule has 0 saturated heterocycles. The number of ether oxygens (including phenoxy) is 1. The Labute approximate surface area is 122 Å². The van der Waals surface area contributed by atoms with Gasteiger partial charge in [0.25, 0.3) is 0 Å². The van der Waals surface area contributed by atoms with Crippen LogP contribution in [0.3, 0.4) is 0 Å². The molecule has 0 radical (unpaired) electrons. The quantitative estimate of drug-likeness (QED) is 0.609. The van der Waals surface area contributed by atoms with Crippen molar-refractivity contribution >= 4 is 23.2 Å². The van der Waals surface area contributed by atoms with Crippen LogP contribution in [0.4, 0.5) is 4.39 Å². The van der Waals surface area contributed by atoms with E-state index in [4.69, 9.17) is 27.9 Å². The van der Waals surface area contributed by atoms with Gasteiger partial charge in [0.1, 0.15) is 5.60 Å². The van der Waals surface area contributed by atoms with Gasteiger partial charge in [0.2, 0.25) is 0 Å². The topological polar surface area (TPSA) is 35.0 Å². The first kappa shape index (κ1) is 14.9. The van der Waals surface area contributed by atoms with Gasteiger partial charge in [0.05, 0.1) is 0 Å². The molecule has 1 saturated carbocycles. The Hall–Kier alpha value is -0.450. The van der Waals surface area contributed by atoms with Crippen LogP contribution in [0.2, 0.25) is 10.3 Å². The third-order valence-corrected chi connectivity index (χ3v) is 4.01. The molecule has 6 heteroatoms. The molecule has 1 heterocycles. The second kappa shape index (κ2) is 6.33. The highest BCUT2D eigenvalue weighted by atomic mass is 35.5. The minimum absolute atomic E-state index is 0.238. The van der Waals surface area contributed by atoms with Crippen molar-refractivity contribution in [3.8, 4) is 0 Å². The second-order valence-corrected chi connectivity index (χ2v) is 5.50. The molecular formula is C13H17Cl2FN2O. The average molecular weight is 307 g/mol. The normalized spacial score (nSPS) is 19.2.